The quantitative estimate of drug-likeness (QED) is 0.602. The molecule has 2 heterocycles. The Morgan fingerprint density at radius 1 is 1.56 bits per heavy atom. The molecule has 1 saturated heterocycles. The number of nitrogen functional groups attached to an aromatic ring is 1. The molecule has 1 aliphatic rings. The van der Waals surface area contributed by atoms with E-state index in [-0.39, 0.29) is 0 Å². The van der Waals surface area contributed by atoms with Crippen LogP contribution in [0.5, 0.6) is 0 Å². The highest BCUT2D eigenvalue weighted by atomic mass is 15.2. The van der Waals surface area contributed by atoms with Crippen molar-refractivity contribution in [1.82, 2.24) is 9.88 Å². The van der Waals surface area contributed by atoms with Gasteiger partial charge in [0.25, 0.3) is 0 Å². The van der Waals surface area contributed by atoms with Crippen molar-refractivity contribution in [3.05, 3.63) is 24.0 Å². The summed E-state index contributed by atoms with van der Waals surface area (Å²) in [6.07, 6.45) is 4.34. The zero-order chi connectivity index (χ0) is 11.6. The standard InChI is InChI=1S/C12H20N4/c1-12(2)5-3-7-16(12)9-11-8-10(15-13)4-6-14-11/h4,6,8H,3,5,7,9,13H2,1-2H3,(H,14,15). The lowest BCUT2D eigenvalue weighted by atomic mass is 10.0. The Hall–Kier alpha value is -1.13. The Kier molecular flexibility index (Phi) is 3.12. The molecule has 0 amide bonds. The normalized spacial score (nSPS) is 19.9. The number of anilines is 1. The molecule has 0 aromatic carbocycles. The van der Waals surface area contributed by atoms with Crippen LogP contribution in [0, 0.1) is 0 Å². The minimum Gasteiger partial charge on any atom is -0.324 e. The van der Waals surface area contributed by atoms with Gasteiger partial charge < -0.3 is 5.43 Å². The van der Waals surface area contributed by atoms with Crippen molar-refractivity contribution < 1.29 is 0 Å². The van der Waals surface area contributed by atoms with Gasteiger partial charge in [0.15, 0.2) is 0 Å². The Bertz CT molecular complexity index is 362. The fraction of sp³-hybridized carbons (Fsp3) is 0.583. The number of likely N-dealkylation sites (tertiary alicyclic amines) is 1. The molecule has 4 heteroatoms. The molecule has 0 spiro atoms. The zero-order valence-corrected chi connectivity index (χ0v) is 10.0. The van der Waals surface area contributed by atoms with E-state index in [0.29, 0.717) is 5.54 Å². The van der Waals surface area contributed by atoms with E-state index in [4.69, 9.17) is 5.84 Å². The lowest BCUT2D eigenvalue weighted by molar-refractivity contribution is 0.164. The third-order valence-electron chi connectivity index (χ3n) is 3.41. The highest BCUT2D eigenvalue weighted by molar-refractivity contribution is 5.41. The number of hydrazine groups is 1. The Balaban J connectivity index is 2.08. The fourth-order valence-corrected chi connectivity index (χ4v) is 2.31. The minimum atomic E-state index is 0.299. The van der Waals surface area contributed by atoms with Crippen LogP contribution in [0.4, 0.5) is 5.69 Å². The second-order valence-electron chi connectivity index (χ2n) is 5.02. The van der Waals surface area contributed by atoms with E-state index in [2.05, 4.69) is 29.2 Å². The molecule has 0 bridgehead atoms. The predicted molar refractivity (Wildman–Crippen MR) is 65.8 cm³/mol. The molecule has 1 aliphatic heterocycles. The highest BCUT2D eigenvalue weighted by Crippen LogP contribution is 2.29. The first-order valence-electron chi connectivity index (χ1n) is 5.78. The average molecular weight is 220 g/mol. The van der Waals surface area contributed by atoms with Gasteiger partial charge in [-0.05, 0) is 45.4 Å². The first-order chi connectivity index (χ1) is 7.62. The number of rotatable bonds is 3. The molecule has 0 saturated carbocycles. The summed E-state index contributed by atoms with van der Waals surface area (Å²) in [5.74, 6) is 5.39. The van der Waals surface area contributed by atoms with E-state index in [0.717, 1.165) is 24.5 Å². The van der Waals surface area contributed by atoms with Gasteiger partial charge in [-0.25, -0.2) is 0 Å². The van der Waals surface area contributed by atoms with Crippen LogP contribution in [-0.4, -0.2) is 22.0 Å². The molecule has 1 fully saturated rings. The van der Waals surface area contributed by atoms with E-state index >= 15 is 0 Å². The van der Waals surface area contributed by atoms with Crippen LogP contribution >= 0.6 is 0 Å². The smallest absolute Gasteiger partial charge is 0.0565 e. The maximum atomic E-state index is 5.39. The number of hydrogen-bond donors (Lipinski definition) is 2. The number of hydrogen-bond acceptors (Lipinski definition) is 4. The topological polar surface area (TPSA) is 54.2 Å². The van der Waals surface area contributed by atoms with Crippen LogP contribution in [0.25, 0.3) is 0 Å². The van der Waals surface area contributed by atoms with Gasteiger partial charge in [-0.3, -0.25) is 15.7 Å². The molecule has 88 valence electrons. The van der Waals surface area contributed by atoms with Crippen LogP contribution in [0.1, 0.15) is 32.4 Å². The molecule has 4 nitrogen and oxygen atoms in total. The minimum absolute atomic E-state index is 0.299. The van der Waals surface area contributed by atoms with E-state index in [1.165, 1.54) is 12.8 Å². The van der Waals surface area contributed by atoms with E-state index in [9.17, 15) is 0 Å². The Labute approximate surface area is 96.8 Å². The molecule has 0 aliphatic carbocycles. The second-order valence-corrected chi connectivity index (χ2v) is 5.02. The summed E-state index contributed by atoms with van der Waals surface area (Å²) in [4.78, 5) is 6.86. The molecule has 0 unspecified atom stereocenters. The van der Waals surface area contributed by atoms with Gasteiger partial charge in [0.2, 0.25) is 0 Å². The summed E-state index contributed by atoms with van der Waals surface area (Å²) in [6, 6.07) is 3.88. The first-order valence-corrected chi connectivity index (χ1v) is 5.78. The van der Waals surface area contributed by atoms with Crippen LogP contribution in [0.2, 0.25) is 0 Å². The van der Waals surface area contributed by atoms with Gasteiger partial charge >= 0.3 is 0 Å². The van der Waals surface area contributed by atoms with Gasteiger partial charge in [-0.15, -0.1) is 0 Å². The molecule has 1 aromatic rings. The molecule has 1 aromatic heterocycles. The number of aromatic nitrogens is 1. The SMILES string of the molecule is CC1(C)CCCN1Cc1cc(NN)ccn1. The van der Waals surface area contributed by atoms with Gasteiger partial charge in [0, 0.05) is 18.3 Å². The number of pyridine rings is 1. The van der Waals surface area contributed by atoms with E-state index in [1.54, 1.807) is 6.20 Å². The van der Waals surface area contributed by atoms with Gasteiger partial charge in [0.1, 0.15) is 0 Å². The summed E-state index contributed by atoms with van der Waals surface area (Å²) >= 11 is 0. The van der Waals surface area contributed by atoms with Crippen molar-refractivity contribution in [2.24, 2.45) is 5.84 Å². The molecule has 16 heavy (non-hydrogen) atoms. The average Bonchev–Trinajstić information content (AvgIpc) is 2.59. The van der Waals surface area contributed by atoms with E-state index in [1.807, 2.05) is 12.1 Å². The lowest BCUT2D eigenvalue weighted by Gasteiger charge is -2.31. The van der Waals surface area contributed by atoms with E-state index < -0.39 is 0 Å². The third-order valence-corrected chi connectivity index (χ3v) is 3.41. The third kappa shape index (κ3) is 2.33. The van der Waals surface area contributed by atoms with Gasteiger partial charge in [-0.1, -0.05) is 0 Å². The van der Waals surface area contributed by atoms with Crippen molar-refractivity contribution in [2.45, 2.75) is 38.8 Å². The van der Waals surface area contributed by atoms with Crippen LogP contribution in [-0.2, 0) is 6.54 Å². The summed E-state index contributed by atoms with van der Waals surface area (Å²) < 4.78 is 0. The fourth-order valence-electron chi connectivity index (χ4n) is 2.31. The molecule has 0 atom stereocenters. The van der Waals surface area contributed by atoms with Crippen LogP contribution in [0.3, 0.4) is 0 Å². The maximum absolute atomic E-state index is 5.39. The first kappa shape index (κ1) is 11.4. The number of nitrogens with one attached hydrogen (secondary N) is 1. The summed E-state index contributed by atoms with van der Waals surface area (Å²) in [5, 5.41) is 0. The van der Waals surface area contributed by atoms with Crippen molar-refractivity contribution in [1.29, 1.82) is 0 Å². The Morgan fingerprint density at radius 2 is 2.38 bits per heavy atom. The van der Waals surface area contributed by atoms with Crippen molar-refractivity contribution in [3.63, 3.8) is 0 Å². The summed E-state index contributed by atoms with van der Waals surface area (Å²) in [7, 11) is 0. The zero-order valence-electron chi connectivity index (χ0n) is 10.0. The van der Waals surface area contributed by atoms with Crippen LogP contribution < -0.4 is 11.3 Å². The molecule has 3 N–H and O–H groups in total. The number of nitrogens with zero attached hydrogens (tertiary/aromatic N) is 2. The highest BCUT2D eigenvalue weighted by Gasteiger charge is 2.31. The van der Waals surface area contributed by atoms with Crippen LogP contribution in [0.15, 0.2) is 18.3 Å². The molecule has 0 radical (unpaired) electrons. The summed E-state index contributed by atoms with van der Waals surface area (Å²) in [5.41, 5.74) is 4.95. The number of nitrogens with two attached hydrogens (primary N) is 1. The molecular weight excluding hydrogens is 200 g/mol. The predicted octanol–water partition coefficient (Wildman–Crippen LogP) is 1.74. The monoisotopic (exact) mass is 220 g/mol. The largest absolute Gasteiger partial charge is 0.324 e. The molecular formula is C12H20N4. The van der Waals surface area contributed by atoms with Crippen molar-refractivity contribution in [3.8, 4) is 0 Å². The van der Waals surface area contributed by atoms with Crippen molar-refractivity contribution in [2.75, 3.05) is 12.0 Å². The van der Waals surface area contributed by atoms with Gasteiger partial charge in [0.05, 0.1) is 11.4 Å². The lowest BCUT2D eigenvalue weighted by Crippen LogP contribution is -2.37. The van der Waals surface area contributed by atoms with Gasteiger partial charge in [-0.2, -0.15) is 0 Å². The second kappa shape index (κ2) is 4.39. The molecule has 2 rings (SSSR count). The summed E-state index contributed by atoms with van der Waals surface area (Å²) in [6.45, 7) is 6.66. The maximum Gasteiger partial charge on any atom is 0.0565 e. The Morgan fingerprint density at radius 3 is 3.00 bits per heavy atom. The van der Waals surface area contributed by atoms with Crippen molar-refractivity contribution >= 4 is 5.69 Å².